The van der Waals surface area contributed by atoms with Gasteiger partial charge in [-0.3, -0.25) is 4.79 Å². The van der Waals surface area contributed by atoms with E-state index in [-0.39, 0.29) is 24.4 Å². The molecule has 21 heavy (non-hydrogen) atoms. The number of halogens is 1. The molecular weight excluding hydrogens is 308 g/mol. The smallest absolute Gasteiger partial charge is 0.257 e. The van der Waals surface area contributed by atoms with Gasteiger partial charge in [-0.25, -0.2) is 0 Å². The molecule has 0 bridgehead atoms. The second-order valence-electron chi connectivity index (χ2n) is 4.98. The normalized spacial score (nSPS) is 17.2. The summed E-state index contributed by atoms with van der Waals surface area (Å²) < 4.78 is 5.28. The summed E-state index contributed by atoms with van der Waals surface area (Å²) in [5.74, 6) is 0.687. The molecule has 2 N–H and O–H groups in total. The molecule has 0 radical (unpaired) electrons. The molecule has 1 amide bonds. The van der Waals surface area contributed by atoms with E-state index in [4.69, 9.17) is 10.2 Å². The first-order valence-electron chi connectivity index (χ1n) is 6.89. The number of hydrogen-bond acceptors (Lipinski definition) is 4. The van der Waals surface area contributed by atoms with Gasteiger partial charge in [0.2, 0.25) is 0 Å². The molecule has 4 nitrogen and oxygen atoms in total. The number of thiophene rings is 1. The first-order chi connectivity index (χ1) is 9.74. The van der Waals surface area contributed by atoms with Crippen molar-refractivity contribution in [3.63, 3.8) is 0 Å². The van der Waals surface area contributed by atoms with E-state index in [9.17, 15) is 4.79 Å². The van der Waals surface area contributed by atoms with Gasteiger partial charge in [0.1, 0.15) is 12.0 Å². The summed E-state index contributed by atoms with van der Waals surface area (Å²) in [5.41, 5.74) is 7.43. The molecule has 0 aliphatic carbocycles. The molecule has 0 aromatic carbocycles. The maximum atomic E-state index is 12.7. The summed E-state index contributed by atoms with van der Waals surface area (Å²) in [7, 11) is 0. The van der Waals surface area contributed by atoms with Crippen LogP contribution in [0.1, 0.15) is 45.9 Å². The van der Waals surface area contributed by atoms with Crippen LogP contribution in [0.15, 0.2) is 28.2 Å². The summed E-state index contributed by atoms with van der Waals surface area (Å²) >= 11 is 1.79. The predicted octanol–water partition coefficient (Wildman–Crippen LogP) is 3.37. The van der Waals surface area contributed by atoms with Crippen molar-refractivity contribution < 1.29 is 9.21 Å². The summed E-state index contributed by atoms with van der Waals surface area (Å²) in [5, 5.41) is 2.12. The largest absolute Gasteiger partial charge is 0.467 e. The zero-order chi connectivity index (χ0) is 14.1. The molecule has 1 unspecified atom stereocenters. The van der Waals surface area contributed by atoms with Crippen LogP contribution in [0, 0.1) is 0 Å². The lowest BCUT2D eigenvalue weighted by atomic mass is 9.97. The van der Waals surface area contributed by atoms with E-state index in [1.165, 1.54) is 16.7 Å². The van der Waals surface area contributed by atoms with E-state index < -0.39 is 0 Å². The fraction of sp³-hybridized carbons (Fsp3) is 0.400. The third kappa shape index (κ3) is 2.86. The molecule has 0 fully saturated rings. The quantitative estimate of drug-likeness (QED) is 0.940. The molecular formula is C15H19ClN2O2S. The van der Waals surface area contributed by atoms with Crippen LogP contribution in [0.4, 0.5) is 0 Å². The van der Waals surface area contributed by atoms with Crippen molar-refractivity contribution in [2.24, 2.45) is 5.73 Å². The molecule has 0 saturated carbocycles. The Balaban J connectivity index is 0.00000161. The lowest BCUT2D eigenvalue weighted by Crippen LogP contribution is -2.39. The molecule has 6 heteroatoms. The van der Waals surface area contributed by atoms with Crippen LogP contribution < -0.4 is 5.73 Å². The van der Waals surface area contributed by atoms with E-state index in [1.54, 1.807) is 17.4 Å². The maximum Gasteiger partial charge on any atom is 0.257 e. The third-order valence-electron chi connectivity index (χ3n) is 3.84. The number of furan rings is 1. The molecule has 0 saturated heterocycles. The summed E-state index contributed by atoms with van der Waals surface area (Å²) in [6, 6.07) is 4.07. The first-order valence-corrected chi connectivity index (χ1v) is 7.77. The molecule has 0 spiro atoms. The Labute approximate surface area is 134 Å². The van der Waals surface area contributed by atoms with Crippen molar-refractivity contribution >= 4 is 29.7 Å². The SMILES string of the molecule is CCC1c2ccsc2CCN1C(=O)c1coc(CN)c1.Cl. The van der Waals surface area contributed by atoms with Crippen LogP contribution in [0.5, 0.6) is 0 Å². The Morgan fingerprint density at radius 3 is 3.05 bits per heavy atom. The Kier molecular flexibility index (Phi) is 5.08. The van der Waals surface area contributed by atoms with E-state index in [0.717, 1.165) is 19.4 Å². The molecule has 2 aromatic rings. The van der Waals surface area contributed by atoms with Gasteiger partial charge in [0.25, 0.3) is 5.91 Å². The number of hydrogen-bond donors (Lipinski definition) is 1. The van der Waals surface area contributed by atoms with E-state index in [1.807, 2.05) is 4.90 Å². The summed E-state index contributed by atoms with van der Waals surface area (Å²) in [6.45, 7) is 3.21. The highest BCUT2D eigenvalue weighted by molar-refractivity contribution is 7.10. The van der Waals surface area contributed by atoms with E-state index >= 15 is 0 Å². The molecule has 1 atom stereocenters. The number of fused-ring (bicyclic) bond motifs is 1. The van der Waals surface area contributed by atoms with Gasteiger partial charge in [-0.1, -0.05) is 6.92 Å². The fourth-order valence-corrected chi connectivity index (χ4v) is 3.77. The van der Waals surface area contributed by atoms with E-state index in [2.05, 4.69) is 18.4 Å². The van der Waals surface area contributed by atoms with E-state index in [0.29, 0.717) is 17.9 Å². The zero-order valence-electron chi connectivity index (χ0n) is 11.9. The van der Waals surface area contributed by atoms with Crippen molar-refractivity contribution in [3.8, 4) is 0 Å². The van der Waals surface area contributed by atoms with Crippen molar-refractivity contribution in [2.75, 3.05) is 6.54 Å². The Hall–Kier alpha value is -1.30. The van der Waals surface area contributed by atoms with Gasteiger partial charge in [0, 0.05) is 11.4 Å². The van der Waals surface area contributed by atoms with Crippen LogP contribution in [0.3, 0.4) is 0 Å². The highest BCUT2D eigenvalue weighted by Gasteiger charge is 2.31. The highest BCUT2D eigenvalue weighted by Crippen LogP contribution is 2.36. The van der Waals surface area contributed by atoms with Gasteiger partial charge in [-0.05, 0) is 35.9 Å². The van der Waals surface area contributed by atoms with Crippen molar-refractivity contribution in [1.82, 2.24) is 4.90 Å². The molecule has 3 rings (SSSR count). The predicted molar refractivity (Wildman–Crippen MR) is 85.9 cm³/mol. The number of rotatable bonds is 3. The number of carbonyl (C=O) groups excluding carboxylic acids is 1. The van der Waals surface area contributed by atoms with Crippen LogP contribution in [0.2, 0.25) is 0 Å². The Morgan fingerprint density at radius 1 is 1.57 bits per heavy atom. The molecule has 1 aliphatic heterocycles. The Bertz CT molecular complexity index is 623. The fourth-order valence-electron chi connectivity index (χ4n) is 2.85. The van der Waals surface area contributed by atoms with Crippen LogP contribution in [-0.4, -0.2) is 17.4 Å². The highest BCUT2D eigenvalue weighted by atomic mass is 35.5. The van der Waals surface area contributed by atoms with Crippen LogP contribution in [-0.2, 0) is 13.0 Å². The number of nitrogens with zero attached hydrogens (tertiary/aromatic N) is 1. The van der Waals surface area contributed by atoms with Gasteiger partial charge < -0.3 is 15.1 Å². The topological polar surface area (TPSA) is 59.5 Å². The minimum atomic E-state index is 0. The average molecular weight is 327 g/mol. The zero-order valence-corrected chi connectivity index (χ0v) is 13.5. The number of nitrogens with two attached hydrogens (primary N) is 1. The number of carbonyl (C=O) groups is 1. The van der Waals surface area contributed by atoms with Crippen molar-refractivity contribution in [1.29, 1.82) is 0 Å². The van der Waals surface area contributed by atoms with Crippen LogP contribution >= 0.6 is 23.7 Å². The van der Waals surface area contributed by atoms with Gasteiger partial charge in [0.05, 0.1) is 18.2 Å². The maximum absolute atomic E-state index is 12.7. The monoisotopic (exact) mass is 326 g/mol. The standard InChI is InChI=1S/C15H18N2O2S.ClH/c1-2-13-12-4-6-20-14(12)3-5-17(13)15(18)10-7-11(8-16)19-9-10;/h4,6-7,9,13H,2-3,5,8,16H2,1H3;1H. The average Bonchev–Trinajstić information content (AvgIpc) is 3.13. The second kappa shape index (κ2) is 6.64. The van der Waals surface area contributed by atoms with Gasteiger partial charge in [-0.15, -0.1) is 23.7 Å². The minimum absolute atomic E-state index is 0. The van der Waals surface area contributed by atoms with Gasteiger partial charge in [0.15, 0.2) is 0 Å². The second-order valence-corrected chi connectivity index (χ2v) is 5.98. The number of amides is 1. The van der Waals surface area contributed by atoms with Gasteiger partial charge in [-0.2, -0.15) is 0 Å². The molecule has 3 heterocycles. The summed E-state index contributed by atoms with van der Waals surface area (Å²) in [6.07, 6.45) is 3.38. The molecule has 2 aromatic heterocycles. The summed E-state index contributed by atoms with van der Waals surface area (Å²) in [4.78, 5) is 16.0. The molecule has 1 aliphatic rings. The third-order valence-corrected chi connectivity index (χ3v) is 4.84. The minimum Gasteiger partial charge on any atom is -0.467 e. The lowest BCUT2D eigenvalue weighted by molar-refractivity contribution is 0.0656. The van der Waals surface area contributed by atoms with Crippen molar-refractivity contribution in [2.45, 2.75) is 32.4 Å². The van der Waals surface area contributed by atoms with Crippen LogP contribution in [0.25, 0.3) is 0 Å². The van der Waals surface area contributed by atoms with Gasteiger partial charge >= 0.3 is 0 Å². The molecule has 114 valence electrons. The lowest BCUT2D eigenvalue weighted by Gasteiger charge is -2.35. The first kappa shape index (κ1) is 16.1. The van der Waals surface area contributed by atoms with Crippen molar-refractivity contribution in [3.05, 3.63) is 45.5 Å². The Morgan fingerprint density at radius 2 is 2.38 bits per heavy atom.